The molecule has 0 saturated carbocycles. The Balaban J connectivity index is 2.00. The Labute approximate surface area is 113 Å². The van der Waals surface area contributed by atoms with Gasteiger partial charge in [-0.15, -0.1) is 0 Å². The topological polar surface area (TPSA) is 39.1 Å². The minimum Gasteiger partial charge on any atom is -0.380 e. The molecule has 1 aromatic carbocycles. The molecule has 1 fully saturated rings. The van der Waals surface area contributed by atoms with E-state index in [0.717, 1.165) is 12.2 Å². The van der Waals surface area contributed by atoms with Crippen LogP contribution in [-0.4, -0.2) is 23.2 Å². The van der Waals surface area contributed by atoms with Crippen LogP contribution >= 0.6 is 0 Å². The van der Waals surface area contributed by atoms with Gasteiger partial charge in [0.15, 0.2) is 0 Å². The van der Waals surface area contributed by atoms with Gasteiger partial charge < -0.3 is 14.6 Å². The van der Waals surface area contributed by atoms with E-state index in [-0.39, 0.29) is 0 Å². The Morgan fingerprint density at radius 2 is 2.32 bits per heavy atom. The van der Waals surface area contributed by atoms with Crippen LogP contribution in [0.5, 0.6) is 0 Å². The lowest BCUT2D eigenvalue weighted by atomic mass is 10.1. The maximum absolute atomic E-state index is 5.28. The second kappa shape index (κ2) is 5.55. The van der Waals surface area contributed by atoms with E-state index in [1.807, 2.05) is 18.6 Å². The fourth-order valence-electron chi connectivity index (χ4n) is 2.72. The molecule has 3 rings (SSSR count). The highest BCUT2D eigenvalue weighted by atomic mass is 16.5. The number of imidazole rings is 1. The highest BCUT2D eigenvalue weighted by molar-refractivity contribution is 5.42. The highest BCUT2D eigenvalue weighted by Crippen LogP contribution is 2.26. The van der Waals surface area contributed by atoms with E-state index in [1.54, 1.807) is 7.11 Å². The Morgan fingerprint density at radius 3 is 3.11 bits per heavy atom. The molecule has 0 amide bonds. The number of benzene rings is 1. The van der Waals surface area contributed by atoms with Crippen molar-refractivity contribution in [3.05, 3.63) is 48.0 Å². The highest BCUT2D eigenvalue weighted by Gasteiger charge is 2.20. The van der Waals surface area contributed by atoms with Crippen LogP contribution in [0.2, 0.25) is 0 Å². The fourth-order valence-corrected chi connectivity index (χ4v) is 2.72. The number of nitrogens with zero attached hydrogens (tertiary/aromatic N) is 2. The molecule has 19 heavy (non-hydrogen) atoms. The Kier molecular flexibility index (Phi) is 3.62. The molecule has 4 nitrogen and oxygen atoms in total. The maximum atomic E-state index is 5.28. The molecule has 1 aliphatic rings. The number of hydrogen-bond acceptors (Lipinski definition) is 3. The van der Waals surface area contributed by atoms with E-state index < -0.39 is 0 Å². The lowest BCUT2D eigenvalue weighted by Gasteiger charge is -2.16. The number of rotatable bonds is 4. The van der Waals surface area contributed by atoms with Crippen molar-refractivity contribution in [2.24, 2.45) is 0 Å². The molecular formula is C15H19N3O. The molecule has 0 radical (unpaired) electrons. The summed E-state index contributed by atoms with van der Waals surface area (Å²) >= 11 is 0. The Bertz CT molecular complexity index is 544. The van der Waals surface area contributed by atoms with E-state index >= 15 is 0 Å². The van der Waals surface area contributed by atoms with Gasteiger partial charge in [-0.3, -0.25) is 0 Å². The molecule has 0 spiro atoms. The van der Waals surface area contributed by atoms with E-state index in [2.05, 4.69) is 33.1 Å². The van der Waals surface area contributed by atoms with Crippen LogP contribution < -0.4 is 5.32 Å². The van der Waals surface area contributed by atoms with Crippen molar-refractivity contribution in [1.82, 2.24) is 14.9 Å². The van der Waals surface area contributed by atoms with Crippen LogP contribution in [0.1, 0.15) is 30.1 Å². The van der Waals surface area contributed by atoms with Crippen molar-refractivity contribution < 1.29 is 4.74 Å². The summed E-state index contributed by atoms with van der Waals surface area (Å²) in [6, 6.07) is 8.74. The van der Waals surface area contributed by atoms with Crippen molar-refractivity contribution in [2.75, 3.05) is 13.7 Å². The van der Waals surface area contributed by atoms with Crippen LogP contribution in [0, 0.1) is 0 Å². The average Bonchev–Trinajstić information content (AvgIpc) is 3.10. The predicted molar refractivity (Wildman–Crippen MR) is 74.3 cm³/mol. The summed E-state index contributed by atoms with van der Waals surface area (Å²) in [6.07, 6.45) is 6.27. The zero-order valence-corrected chi connectivity index (χ0v) is 11.2. The molecule has 4 heteroatoms. The predicted octanol–water partition coefficient (Wildman–Crippen LogP) is 2.44. The van der Waals surface area contributed by atoms with Crippen LogP contribution in [0.25, 0.3) is 5.69 Å². The molecule has 1 aromatic heterocycles. The number of methoxy groups -OCH3 is 1. The largest absolute Gasteiger partial charge is 0.380 e. The lowest BCUT2D eigenvalue weighted by molar-refractivity contribution is 0.184. The number of aromatic nitrogens is 2. The molecule has 1 saturated heterocycles. The quantitative estimate of drug-likeness (QED) is 0.914. The molecular weight excluding hydrogens is 238 g/mol. The second-order valence-electron chi connectivity index (χ2n) is 4.90. The van der Waals surface area contributed by atoms with Crippen molar-refractivity contribution in [2.45, 2.75) is 25.5 Å². The Hall–Kier alpha value is -1.65. The maximum Gasteiger partial charge on any atom is 0.0994 e. The summed E-state index contributed by atoms with van der Waals surface area (Å²) < 4.78 is 7.46. The van der Waals surface area contributed by atoms with Crippen molar-refractivity contribution in [3.8, 4) is 5.69 Å². The van der Waals surface area contributed by atoms with Crippen molar-refractivity contribution >= 4 is 0 Å². The molecule has 0 bridgehead atoms. The lowest BCUT2D eigenvalue weighted by Crippen LogP contribution is -2.16. The smallest absolute Gasteiger partial charge is 0.0994 e. The van der Waals surface area contributed by atoms with Gasteiger partial charge in [0.25, 0.3) is 0 Å². The monoisotopic (exact) mass is 257 g/mol. The van der Waals surface area contributed by atoms with Gasteiger partial charge in [-0.05, 0) is 25.5 Å². The summed E-state index contributed by atoms with van der Waals surface area (Å²) in [7, 11) is 1.73. The van der Waals surface area contributed by atoms with E-state index in [0.29, 0.717) is 12.6 Å². The first kappa shape index (κ1) is 12.4. The summed E-state index contributed by atoms with van der Waals surface area (Å²) in [5, 5.41) is 3.53. The summed E-state index contributed by atoms with van der Waals surface area (Å²) in [6.45, 7) is 1.71. The molecule has 0 aliphatic carbocycles. The molecule has 100 valence electrons. The fraction of sp³-hybridized carbons (Fsp3) is 0.400. The van der Waals surface area contributed by atoms with Crippen LogP contribution in [0.15, 0.2) is 36.8 Å². The van der Waals surface area contributed by atoms with E-state index in [4.69, 9.17) is 4.74 Å². The summed E-state index contributed by atoms with van der Waals surface area (Å²) in [4.78, 5) is 4.33. The van der Waals surface area contributed by atoms with Crippen LogP contribution in [0.3, 0.4) is 0 Å². The zero-order chi connectivity index (χ0) is 13.1. The minimum atomic E-state index is 0.415. The second-order valence-corrected chi connectivity index (χ2v) is 4.90. The van der Waals surface area contributed by atoms with Gasteiger partial charge in [0, 0.05) is 18.7 Å². The first-order valence-electron chi connectivity index (χ1n) is 6.73. The third-order valence-electron chi connectivity index (χ3n) is 3.64. The van der Waals surface area contributed by atoms with Crippen molar-refractivity contribution in [3.63, 3.8) is 0 Å². The van der Waals surface area contributed by atoms with E-state index in [1.165, 1.54) is 24.1 Å². The molecule has 1 N–H and O–H groups in total. The van der Waals surface area contributed by atoms with Gasteiger partial charge in [-0.25, -0.2) is 4.98 Å². The van der Waals surface area contributed by atoms with E-state index in [9.17, 15) is 0 Å². The minimum absolute atomic E-state index is 0.415. The standard InChI is InChI=1S/C15H19N3O/c1-19-10-12-5-2-3-7-14(12)18-11-16-9-15(18)13-6-4-8-17-13/h2-3,5,7,9,11,13,17H,4,6,8,10H2,1H3/t13-/m0/s1. The SMILES string of the molecule is COCc1ccccc1-n1cncc1[C@@H]1CCCN1. The number of ether oxygens (including phenoxy) is 1. The third kappa shape index (κ3) is 2.41. The number of nitrogens with one attached hydrogen (secondary N) is 1. The summed E-state index contributed by atoms with van der Waals surface area (Å²) in [5.74, 6) is 0. The molecule has 2 aromatic rings. The number of hydrogen-bond donors (Lipinski definition) is 1. The van der Waals surface area contributed by atoms with Gasteiger partial charge in [-0.1, -0.05) is 18.2 Å². The van der Waals surface area contributed by atoms with Crippen molar-refractivity contribution in [1.29, 1.82) is 0 Å². The van der Waals surface area contributed by atoms with Gasteiger partial charge in [0.2, 0.25) is 0 Å². The van der Waals surface area contributed by atoms with Gasteiger partial charge in [0.05, 0.1) is 30.5 Å². The molecule has 1 atom stereocenters. The van der Waals surface area contributed by atoms with Gasteiger partial charge in [0.1, 0.15) is 0 Å². The first-order chi connectivity index (χ1) is 9.40. The first-order valence-corrected chi connectivity index (χ1v) is 6.73. The van der Waals surface area contributed by atoms with Gasteiger partial charge >= 0.3 is 0 Å². The van der Waals surface area contributed by atoms with Crippen LogP contribution in [-0.2, 0) is 11.3 Å². The summed E-state index contributed by atoms with van der Waals surface area (Å²) in [5.41, 5.74) is 3.58. The Morgan fingerprint density at radius 1 is 1.42 bits per heavy atom. The normalized spacial score (nSPS) is 18.9. The van der Waals surface area contributed by atoms with Crippen LogP contribution in [0.4, 0.5) is 0 Å². The molecule has 0 unspecified atom stereocenters. The van der Waals surface area contributed by atoms with Gasteiger partial charge in [-0.2, -0.15) is 0 Å². The average molecular weight is 257 g/mol. The zero-order valence-electron chi connectivity index (χ0n) is 11.2. The number of para-hydroxylation sites is 1. The third-order valence-corrected chi connectivity index (χ3v) is 3.64. The molecule has 1 aliphatic heterocycles. The molecule has 2 heterocycles.